The van der Waals surface area contributed by atoms with Crippen molar-refractivity contribution in [3.8, 4) is 6.26 Å². The van der Waals surface area contributed by atoms with Crippen molar-refractivity contribution in [3.05, 3.63) is 34.9 Å². The Morgan fingerprint density at radius 2 is 1.94 bits per heavy atom. The first kappa shape index (κ1) is 16.0. The van der Waals surface area contributed by atoms with Gasteiger partial charge in [-0.15, -0.1) is 5.26 Å². The van der Waals surface area contributed by atoms with Crippen molar-refractivity contribution in [2.24, 2.45) is 5.16 Å². The molecule has 0 saturated carbocycles. The first-order valence-electron chi connectivity index (χ1n) is 3.96. The lowest BCUT2D eigenvalue weighted by Gasteiger charge is -1.93. The molecule has 0 bridgehead atoms. The molecule has 0 aliphatic heterocycles. The second-order valence-corrected chi connectivity index (χ2v) is 5.36. The predicted octanol–water partition coefficient (Wildman–Crippen LogP) is 1.36. The zero-order chi connectivity index (χ0) is 13.3. The van der Waals surface area contributed by atoms with E-state index in [0.29, 0.717) is 5.02 Å². The Kier molecular flexibility index (Phi) is 7.66. The molecule has 1 rings (SSSR count). The highest BCUT2D eigenvalue weighted by molar-refractivity contribution is 8.06. The minimum atomic E-state index is -3.81. The molecule has 6 nitrogen and oxygen atoms in total. The normalized spacial score (nSPS) is 10.3. The van der Waals surface area contributed by atoms with Crippen molar-refractivity contribution in [1.82, 2.24) is 0 Å². The van der Waals surface area contributed by atoms with E-state index in [-0.39, 0.29) is 0 Å². The number of halogens is 1. The smallest absolute Gasteiger partial charge is 0.319 e. The first-order chi connectivity index (χ1) is 7.84. The van der Waals surface area contributed by atoms with E-state index in [1.165, 1.54) is 12.5 Å². The highest BCUT2D eigenvalue weighted by Gasteiger charge is 1.93. The number of rotatable bonds is 2. The van der Waals surface area contributed by atoms with E-state index in [1.807, 2.05) is 12.1 Å². The fourth-order valence-corrected chi connectivity index (χ4v) is 0.871. The van der Waals surface area contributed by atoms with E-state index in [0.717, 1.165) is 5.56 Å². The molecule has 1 aromatic carbocycles. The third kappa shape index (κ3) is 11.3. The number of oxime groups is 1. The summed E-state index contributed by atoms with van der Waals surface area (Å²) in [7, 11) is 0. The summed E-state index contributed by atoms with van der Waals surface area (Å²) in [4.78, 5) is 26.8. The van der Waals surface area contributed by atoms with Gasteiger partial charge in [-0.05, 0) is 17.9 Å². The van der Waals surface area contributed by atoms with Gasteiger partial charge in [-0.2, -0.15) is 0 Å². The van der Waals surface area contributed by atoms with Crippen LogP contribution in [0.1, 0.15) is 5.56 Å². The molecule has 9 heteroatoms. The summed E-state index contributed by atoms with van der Waals surface area (Å²) in [6.07, 6.45) is 2.80. The van der Waals surface area contributed by atoms with Crippen LogP contribution in [0.5, 0.6) is 0 Å². The standard InChI is InChI=1S/C8H5ClN2O.H3O3PS/c9-8-4-2-1-3-7(8)5-11-12-6-10;1-4(2,3)5/h1-5H;(H3,1,2,3,5). The van der Waals surface area contributed by atoms with E-state index in [9.17, 15) is 0 Å². The average molecular weight is 295 g/mol. The van der Waals surface area contributed by atoms with Gasteiger partial charge in [0, 0.05) is 10.6 Å². The van der Waals surface area contributed by atoms with Crippen LogP contribution in [0.3, 0.4) is 0 Å². The van der Waals surface area contributed by atoms with Gasteiger partial charge in [0.2, 0.25) is 0 Å². The van der Waals surface area contributed by atoms with Crippen LogP contribution < -0.4 is 0 Å². The molecule has 17 heavy (non-hydrogen) atoms. The molecule has 92 valence electrons. The van der Waals surface area contributed by atoms with Crippen LogP contribution in [0.25, 0.3) is 0 Å². The molecular formula is C8H8ClN2O4PS. The van der Waals surface area contributed by atoms with Gasteiger partial charge in [0.15, 0.2) is 0 Å². The highest BCUT2D eigenvalue weighted by Crippen LogP contribution is 2.26. The minimum Gasteiger partial charge on any atom is -0.325 e. The summed E-state index contributed by atoms with van der Waals surface area (Å²) >= 11 is 9.38. The van der Waals surface area contributed by atoms with Crippen molar-refractivity contribution >= 4 is 36.3 Å². The number of benzene rings is 1. The van der Waals surface area contributed by atoms with E-state index in [1.54, 1.807) is 12.1 Å². The lowest BCUT2D eigenvalue weighted by molar-refractivity contribution is 0.293. The molecule has 0 saturated heterocycles. The van der Waals surface area contributed by atoms with Crippen LogP contribution in [0.4, 0.5) is 0 Å². The summed E-state index contributed by atoms with van der Waals surface area (Å²) in [6, 6.07) is 7.13. The molecular weight excluding hydrogens is 287 g/mol. The molecule has 0 heterocycles. The van der Waals surface area contributed by atoms with Crippen LogP contribution in [0.15, 0.2) is 29.4 Å². The zero-order valence-corrected chi connectivity index (χ0v) is 10.7. The Labute approximate surface area is 108 Å². The van der Waals surface area contributed by atoms with Gasteiger partial charge in [-0.1, -0.05) is 35.0 Å². The van der Waals surface area contributed by atoms with E-state index in [4.69, 9.17) is 31.5 Å². The van der Waals surface area contributed by atoms with Gasteiger partial charge in [0.1, 0.15) is 0 Å². The van der Waals surface area contributed by atoms with Gasteiger partial charge >= 0.3 is 13.0 Å². The largest absolute Gasteiger partial charge is 0.325 e. The Hall–Kier alpha value is -1.000. The van der Waals surface area contributed by atoms with Crippen LogP contribution in [0.2, 0.25) is 5.02 Å². The number of hydrogen-bond donors (Lipinski definition) is 3. The van der Waals surface area contributed by atoms with E-state index < -0.39 is 6.72 Å². The number of nitrogens with zero attached hydrogens (tertiary/aromatic N) is 2. The first-order valence-corrected chi connectivity index (χ1v) is 6.99. The number of nitriles is 1. The molecule has 3 N–H and O–H groups in total. The molecule has 0 atom stereocenters. The van der Waals surface area contributed by atoms with Crippen LogP contribution in [-0.2, 0) is 16.6 Å². The summed E-state index contributed by atoms with van der Waals surface area (Å²) in [6.45, 7) is -3.81. The SMILES string of the molecule is N#CON=Cc1ccccc1Cl.OP(O)(O)=S. The van der Waals surface area contributed by atoms with Crippen LogP contribution >= 0.6 is 18.3 Å². The van der Waals surface area contributed by atoms with Crippen molar-refractivity contribution < 1.29 is 19.5 Å². The molecule has 0 fully saturated rings. The van der Waals surface area contributed by atoms with Crippen LogP contribution in [-0.4, -0.2) is 20.9 Å². The van der Waals surface area contributed by atoms with Gasteiger partial charge in [-0.3, -0.25) is 4.84 Å². The topological polar surface area (TPSA) is 106 Å². The summed E-state index contributed by atoms with van der Waals surface area (Å²) in [5, 5.41) is 11.9. The molecule has 0 aliphatic carbocycles. The molecule has 0 radical (unpaired) electrons. The molecule has 1 aromatic rings. The third-order valence-electron chi connectivity index (χ3n) is 1.19. The maximum Gasteiger partial charge on any atom is 0.319 e. The van der Waals surface area contributed by atoms with Gasteiger partial charge in [0.05, 0.1) is 6.21 Å². The quantitative estimate of drug-likeness (QED) is 0.329. The fraction of sp³-hybridized carbons (Fsp3) is 0. The Balaban J connectivity index is 0.000000437. The van der Waals surface area contributed by atoms with Crippen molar-refractivity contribution in [2.45, 2.75) is 0 Å². The molecule has 0 unspecified atom stereocenters. The average Bonchev–Trinajstić information content (AvgIpc) is 2.19. The van der Waals surface area contributed by atoms with Gasteiger partial charge in [-0.25, -0.2) is 0 Å². The minimum absolute atomic E-state index is 0.572. The van der Waals surface area contributed by atoms with Gasteiger partial charge in [0.25, 0.3) is 0 Å². The maximum absolute atomic E-state index is 7.99. The second-order valence-electron chi connectivity index (χ2n) is 2.45. The van der Waals surface area contributed by atoms with Crippen molar-refractivity contribution in [1.29, 1.82) is 5.26 Å². The monoisotopic (exact) mass is 294 g/mol. The lowest BCUT2D eigenvalue weighted by atomic mass is 10.2. The molecule has 0 aliphatic rings. The highest BCUT2D eigenvalue weighted by atomic mass is 35.5. The summed E-state index contributed by atoms with van der Waals surface area (Å²) < 4.78 is 0. The number of hydrogen-bond acceptors (Lipinski definition) is 4. The molecule has 0 amide bonds. The van der Waals surface area contributed by atoms with Crippen LogP contribution in [0, 0.1) is 11.5 Å². The Bertz CT molecular complexity index is 463. The predicted molar refractivity (Wildman–Crippen MR) is 66.7 cm³/mol. The fourth-order valence-electron chi connectivity index (χ4n) is 0.686. The Morgan fingerprint density at radius 1 is 1.41 bits per heavy atom. The van der Waals surface area contributed by atoms with E-state index >= 15 is 0 Å². The second kappa shape index (κ2) is 8.14. The molecule has 0 aromatic heterocycles. The lowest BCUT2D eigenvalue weighted by Crippen LogP contribution is -1.81. The zero-order valence-electron chi connectivity index (χ0n) is 8.26. The molecule has 0 spiro atoms. The Morgan fingerprint density at radius 3 is 2.41 bits per heavy atom. The summed E-state index contributed by atoms with van der Waals surface area (Å²) in [5.74, 6) is 0. The van der Waals surface area contributed by atoms with Crippen molar-refractivity contribution in [3.63, 3.8) is 0 Å². The van der Waals surface area contributed by atoms with E-state index in [2.05, 4.69) is 21.8 Å². The summed E-state index contributed by atoms with van der Waals surface area (Å²) in [5.41, 5.74) is 0.717. The third-order valence-corrected chi connectivity index (χ3v) is 1.53. The maximum atomic E-state index is 7.99. The van der Waals surface area contributed by atoms with Gasteiger partial charge < -0.3 is 14.7 Å². The van der Waals surface area contributed by atoms with Crippen molar-refractivity contribution in [2.75, 3.05) is 0 Å².